The summed E-state index contributed by atoms with van der Waals surface area (Å²) in [6.45, 7) is 2.27. The van der Waals surface area contributed by atoms with E-state index in [0.29, 0.717) is 12.6 Å². The zero-order valence-corrected chi connectivity index (χ0v) is 11.7. The van der Waals surface area contributed by atoms with Crippen molar-refractivity contribution in [2.45, 2.75) is 36.7 Å². The van der Waals surface area contributed by atoms with Crippen molar-refractivity contribution in [3.8, 4) is 0 Å². The predicted molar refractivity (Wildman–Crippen MR) is 73.1 cm³/mol. The lowest BCUT2D eigenvalue weighted by atomic mass is 10.1. The second kappa shape index (κ2) is 6.47. The third kappa shape index (κ3) is 4.58. The first-order chi connectivity index (χ1) is 9.05. The number of nitrogens with two attached hydrogens (primary N) is 1. The SMILES string of the molecule is NS(=O)(=O)c1cccc(CNC2CCCOCC2)c1. The largest absolute Gasteiger partial charge is 0.381 e. The Kier molecular flexibility index (Phi) is 4.93. The average Bonchev–Trinajstić information content (AvgIpc) is 2.64. The van der Waals surface area contributed by atoms with Crippen LogP contribution in [0.4, 0.5) is 0 Å². The van der Waals surface area contributed by atoms with Crippen molar-refractivity contribution in [2.75, 3.05) is 13.2 Å². The van der Waals surface area contributed by atoms with E-state index in [1.807, 2.05) is 6.07 Å². The Morgan fingerprint density at radius 3 is 2.95 bits per heavy atom. The van der Waals surface area contributed by atoms with Gasteiger partial charge in [-0.1, -0.05) is 12.1 Å². The van der Waals surface area contributed by atoms with Gasteiger partial charge >= 0.3 is 0 Å². The molecule has 0 saturated carbocycles. The van der Waals surface area contributed by atoms with Crippen LogP contribution >= 0.6 is 0 Å². The minimum absolute atomic E-state index is 0.163. The summed E-state index contributed by atoms with van der Waals surface area (Å²) >= 11 is 0. The number of sulfonamides is 1. The Morgan fingerprint density at radius 2 is 2.16 bits per heavy atom. The first-order valence-corrected chi connectivity index (χ1v) is 8.03. The molecule has 1 atom stereocenters. The lowest BCUT2D eigenvalue weighted by molar-refractivity contribution is 0.142. The van der Waals surface area contributed by atoms with Crippen molar-refractivity contribution in [3.63, 3.8) is 0 Å². The van der Waals surface area contributed by atoms with Gasteiger partial charge in [0.15, 0.2) is 0 Å². The molecule has 0 aromatic heterocycles. The average molecular weight is 284 g/mol. The van der Waals surface area contributed by atoms with Crippen molar-refractivity contribution in [3.05, 3.63) is 29.8 Å². The highest BCUT2D eigenvalue weighted by Crippen LogP contribution is 2.12. The maximum atomic E-state index is 11.3. The summed E-state index contributed by atoms with van der Waals surface area (Å²) in [7, 11) is -3.62. The maximum Gasteiger partial charge on any atom is 0.238 e. The molecule has 3 N–H and O–H groups in total. The number of hydrogen-bond donors (Lipinski definition) is 2. The molecule has 0 amide bonds. The van der Waals surface area contributed by atoms with Gasteiger partial charge in [0.1, 0.15) is 0 Å². The van der Waals surface area contributed by atoms with Crippen molar-refractivity contribution in [1.82, 2.24) is 5.32 Å². The first-order valence-electron chi connectivity index (χ1n) is 6.48. The number of rotatable bonds is 4. The van der Waals surface area contributed by atoms with E-state index in [1.54, 1.807) is 12.1 Å². The van der Waals surface area contributed by atoms with Crippen molar-refractivity contribution < 1.29 is 13.2 Å². The van der Waals surface area contributed by atoms with Gasteiger partial charge in [-0.2, -0.15) is 0 Å². The number of nitrogens with one attached hydrogen (secondary N) is 1. The molecule has 106 valence electrons. The zero-order valence-electron chi connectivity index (χ0n) is 10.8. The Hall–Kier alpha value is -0.950. The molecule has 1 aromatic rings. The molecule has 1 unspecified atom stereocenters. The minimum atomic E-state index is -3.62. The van der Waals surface area contributed by atoms with Gasteiger partial charge in [-0.3, -0.25) is 0 Å². The molecule has 1 saturated heterocycles. The summed E-state index contributed by atoms with van der Waals surface area (Å²) < 4.78 is 28.0. The van der Waals surface area contributed by atoms with Crippen LogP contribution in [0.25, 0.3) is 0 Å². The molecule has 1 heterocycles. The third-order valence-corrected chi connectivity index (χ3v) is 4.18. The fourth-order valence-electron chi connectivity index (χ4n) is 2.20. The molecular weight excluding hydrogens is 264 g/mol. The molecule has 0 aliphatic carbocycles. The standard InChI is InChI=1S/C13H20N2O3S/c14-19(16,17)13-5-1-3-11(9-13)10-15-12-4-2-7-18-8-6-12/h1,3,5,9,12,15H,2,4,6-8,10H2,(H2,14,16,17). The van der Waals surface area contributed by atoms with E-state index in [2.05, 4.69) is 5.32 Å². The summed E-state index contributed by atoms with van der Waals surface area (Å²) in [4.78, 5) is 0.163. The highest BCUT2D eigenvalue weighted by molar-refractivity contribution is 7.89. The van der Waals surface area contributed by atoms with Crippen LogP contribution in [0.15, 0.2) is 29.2 Å². The summed E-state index contributed by atoms with van der Waals surface area (Å²) in [6, 6.07) is 7.18. The van der Waals surface area contributed by atoms with Crippen LogP contribution in [0.3, 0.4) is 0 Å². The summed E-state index contributed by atoms with van der Waals surface area (Å²) in [5, 5.41) is 8.56. The predicted octanol–water partition coefficient (Wildman–Crippen LogP) is 0.993. The summed E-state index contributed by atoms with van der Waals surface area (Å²) in [5.74, 6) is 0. The zero-order chi connectivity index (χ0) is 13.7. The summed E-state index contributed by atoms with van der Waals surface area (Å²) in [5.41, 5.74) is 0.927. The van der Waals surface area contributed by atoms with Crippen LogP contribution < -0.4 is 10.5 Å². The van der Waals surface area contributed by atoms with Gasteiger partial charge in [0.05, 0.1) is 4.90 Å². The van der Waals surface area contributed by atoms with Gasteiger partial charge in [0.2, 0.25) is 10.0 Å². The number of ether oxygens (including phenoxy) is 1. The van der Waals surface area contributed by atoms with Crippen LogP contribution in [0.1, 0.15) is 24.8 Å². The Labute approximate surface area is 114 Å². The molecule has 0 radical (unpaired) electrons. The van der Waals surface area contributed by atoms with Crippen molar-refractivity contribution >= 4 is 10.0 Å². The Bertz CT molecular complexity index is 508. The molecule has 0 spiro atoms. The second-order valence-electron chi connectivity index (χ2n) is 4.81. The minimum Gasteiger partial charge on any atom is -0.381 e. The monoisotopic (exact) mass is 284 g/mol. The molecular formula is C13H20N2O3S. The highest BCUT2D eigenvalue weighted by atomic mass is 32.2. The molecule has 2 rings (SSSR count). The lowest BCUT2D eigenvalue weighted by Gasteiger charge is -2.15. The Balaban J connectivity index is 1.95. The molecule has 0 bridgehead atoms. The third-order valence-electron chi connectivity index (χ3n) is 3.27. The fraction of sp³-hybridized carbons (Fsp3) is 0.538. The summed E-state index contributed by atoms with van der Waals surface area (Å²) in [6.07, 6.45) is 3.15. The molecule has 5 nitrogen and oxygen atoms in total. The molecule has 6 heteroatoms. The molecule has 1 aliphatic rings. The van der Waals surface area contributed by atoms with Crippen molar-refractivity contribution in [2.24, 2.45) is 5.14 Å². The fourth-order valence-corrected chi connectivity index (χ4v) is 2.79. The molecule has 1 aliphatic heterocycles. The normalized spacial score (nSPS) is 21.0. The number of benzene rings is 1. The first kappa shape index (κ1) is 14.5. The van der Waals surface area contributed by atoms with Gasteiger partial charge in [-0.05, 0) is 37.0 Å². The molecule has 19 heavy (non-hydrogen) atoms. The van der Waals surface area contributed by atoms with E-state index < -0.39 is 10.0 Å². The maximum absolute atomic E-state index is 11.3. The van der Waals surface area contributed by atoms with Crippen molar-refractivity contribution in [1.29, 1.82) is 0 Å². The van der Waals surface area contributed by atoms with Crippen LogP contribution in [0.5, 0.6) is 0 Å². The number of primary sulfonamides is 1. The molecule has 1 aromatic carbocycles. The van der Waals surface area contributed by atoms with Crippen LogP contribution in [0.2, 0.25) is 0 Å². The van der Waals surface area contributed by atoms with Gasteiger partial charge in [0.25, 0.3) is 0 Å². The van der Waals surface area contributed by atoms with Crippen LogP contribution in [-0.4, -0.2) is 27.7 Å². The van der Waals surface area contributed by atoms with Gasteiger partial charge in [-0.15, -0.1) is 0 Å². The van der Waals surface area contributed by atoms with Crippen LogP contribution in [0, 0.1) is 0 Å². The molecule has 1 fully saturated rings. The van der Waals surface area contributed by atoms with Crippen LogP contribution in [-0.2, 0) is 21.3 Å². The quantitative estimate of drug-likeness (QED) is 0.864. The van der Waals surface area contributed by atoms with Gasteiger partial charge in [0, 0.05) is 25.8 Å². The smallest absolute Gasteiger partial charge is 0.238 e. The lowest BCUT2D eigenvalue weighted by Crippen LogP contribution is -2.28. The van der Waals surface area contributed by atoms with Gasteiger partial charge in [-0.25, -0.2) is 13.6 Å². The topological polar surface area (TPSA) is 81.4 Å². The van der Waals surface area contributed by atoms with E-state index in [4.69, 9.17) is 9.88 Å². The van der Waals surface area contributed by atoms with E-state index in [-0.39, 0.29) is 4.90 Å². The van der Waals surface area contributed by atoms with E-state index in [1.165, 1.54) is 6.07 Å². The van der Waals surface area contributed by atoms with E-state index in [0.717, 1.165) is 38.0 Å². The second-order valence-corrected chi connectivity index (χ2v) is 6.37. The van der Waals surface area contributed by atoms with E-state index >= 15 is 0 Å². The highest BCUT2D eigenvalue weighted by Gasteiger charge is 2.12. The van der Waals surface area contributed by atoms with Gasteiger partial charge < -0.3 is 10.1 Å². The van der Waals surface area contributed by atoms with E-state index in [9.17, 15) is 8.42 Å². The number of hydrogen-bond acceptors (Lipinski definition) is 4. The Morgan fingerprint density at radius 1 is 1.32 bits per heavy atom.